The van der Waals surface area contributed by atoms with Gasteiger partial charge in [-0.3, -0.25) is 0 Å². The van der Waals surface area contributed by atoms with Crippen LogP contribution in [0.15, 0.2) is 0 Å². The molecule has 0 bridgehead atoms. The largest absolute Gasteiger partial charge is 0.388 e. The number of quaternary nitrogens is 1. The van der Waals surface area contributed by atoms with Gasteiger partial charge in [-0.15, -0.1) is 0 Å². The zero-order valence-electron chi connectivity index (χ0n) is 6.04. The second-order valence-corrected chi connectivity index (χ2v) is 2.46. The topological polar surface area (TPSA) is 57.1 Å². The van der Waals surface area contributed by atoms with Gasteiger partial charge >= 0.3 is 0 Å². The monoisotopic (exact) mass is 134 g/mol. The summed E-state index contributed by atoms with van der Waals surface area (Å²) in [6.07, 6.45) is -0.549. The first-order valence-corrected chi connectivity index (χ1v) is 3.30. The quantitative estimate of drug-likeness (QED) is 0.430. The Balaban J connectivity index is 2.91. The third-order valence-electron chi connectivity index (χ3n) is 1.02. The molecule has 3 heteroatoms. The smallest absolute Gasteiger partial charge is 0.102 e. The Morgan fingerprint density at radius 3 is 1.67 bits per heavy atom. The minimum absolute atomic E-state index is 0.274. The standard InChI is InChI=1S/C6H15NO2/c1-5(8)3-7-4-6(2)9/h5-9H,3-4H2,1-2H3/p+1. The van der Waals surface area contributed by atoms with E-state index in [4.69, 9.17) is 10.2 Å². The van der Waals surface area contributed by atoms with Crippen LogP contribution in [0.3, 0.4) is 0 Å². The lowest BCUT2D eigenvalue weighted by molar-refractivity contribution is -0.665. The van der Waals surface area contributed by atoms with Crippen molar-refractivity contribution in [3.8, 4) is 0 Å². The molecule has 0 aliphatic heterocycles. The van der Waals surface area contributed by atoms with Crippen molar-refractivity contribution in [2.24, 2.45) is 0 Å². The first-order valence-electron chi connectivity index (χ1n) is 3.30. The van der Waals surface area contributed by atoms with Crippen molar-refractivity contribution in [2.45, 2.75) is 26.1 Å². The van der Waals surface area contributed by atoms with E-state index in [0.29, 0.717) is 13.1 Å². The molecular weight excluding hydrogens is 118 g/mol. The minimum Gasteiger partial charge on any atom is -0.388 e. The van der Waals surface area contributed by atoms with Gasteiger partial charge in [-0.2, -0.15) is 0 Å². The molecule has 4 N–H and O–H groups in total. The lowest BCUT2D eigenvalue weighted by atomic mass is 10.3. The van der Waals surface area contributed by atoms with E-state index < -0.39 is 0 Å². The molecule has 9 heavy (non-hydrogen) atoms. The summed E-state index contributed by atoms with van der Waals surface area (Å²) < 4.78 is 0. The van der Waals surface area contributed by atoms with E-state index in [1.807, 2.05) is 5.32 Å². The average Bonchev–Trinajstić information content (AvgIpc) is 1.63. The normalized spacial score (nSPS) is 17.3. The van der Waals surface area contributed by atoms with E-state index in [1.54, 1.807) is 13.8 Å². The first-order chi connectivity index (χ1) is 4.13. The van der Waals surface area contributed by atoms with Crippen molar-refractivity contribution in [3.05, 3.63) is 0 Å². The van der Waals surface area contributed by atoms with Crippen LogP contribution in [0, 0.1) is 0 Å². The zero-order chi connectivity index (χ0) is 7.28. The van der Waals surface area contributed by atoms with Gasteiger partial charge in [-0.25, -0.2) is 0 Å². The lowest BCUT2D eigenvalue weighted by Crippen LogP contribution is -2.88. The Labute approximate surface area is 55.7 Å². The molecule has 0 rings (SSSR count). The Morgan fingerprint density at radius 2 is 1.44 bits per heavy atom. The van der Waals surface area contributed by atoms with E-state index in [9.17, 15) is 0 Å². The van der Waals surface area contributed by atoms with E-state index in [1.165, 1.54) is 0 Å². The number of hydrogen-bond acceptors (Lipinski definition) is 2. The van der Waals surface area contributed by atoms with Crippen molar-refractivity contribution in [1.29, 1.82) is 0 Å². The second kappa shape index (κ2) is 4.73. The van der Waals surface area contributed by atoms with Crippen LogP contribution in [0.2, 0.25) is 0 Å². The fourth-order valence-corrected chi connectivity index (χ4v) is 0.579. The molecule has 0 spiro atoms. The molecule has 0 fully saturated rings. The van der Waals surface area contributed by atoms with Gasteiger partial charge in [0.15, 0.2) is 0 Å². The highest BCUT2D eigenvalue weighted by Gasteiger charge is 1.99. The predicted molar refractivity (Wildman–Crippen MR) is 35.0 cm³/mol. The van der Waals surface area contributed by atoms with E-state index >= 15 is 0 Å². The van der Waals surface area contributed by atoms with Crippen LogP contribution in [0.5, 0.6) is 0 Å². The lowest BCUT2D eigenvalue weighted by Gasteiger charge is -2.04. The number of hydrogen-bond donors (Lipinski definition) is 3. The number of nitrogens with two attached hydrogens (primary N) is 1. The van der Waals surface area contributed by atoms with Gasteiger partial charge < -0.3 is 15.5 Å². The van der Waals surface area contributed by atoms with Crippen LogP contribution < -0.4 is 5.32 Å². The van der Waals surface area contributed by atoms with E-state index in [2.05, 4.69) is 0 Å². The summed E-state index contributed by atoms with van der Waals surface area (Å²) in [5.41, 5.74) is 0. The molecule has 0 aliphatic rings. The summed E-state index contributed by atoms with van der Waals surface area (Å²) in [6.45, 7) is 4.81. The fraction of sp³-hybridized carbons (Fsp3) is 1.00. The minimum atomic E-state index is -0.274. The maximum absolute atomic E-state index is 8.75. The van der Waals surface area contributed by atoms with Crippen molar-refractivity contribution < 1.29 is 15.5 Å². The zero-order valence-corrected chi connectivity index (χ0v) is 6.04. The molecule has 0 heterocycles. The van der Waals surface area contributed by atoms with Crippen molar-refractivity contribution in [3.63, 3.8) is 0 Å². The summed E-state index contributed by atoms with van der Waals surface area (Å²) >= 11 is 0. The maximum atomic E-state index is 8.75. The van der Waals surface area contributed by atoms with Gasteiger partial charge in [0.1, 0.15) is 13.1 Å². The first kappa shape index (κ1) is 8.88. The highest BCUT2D eigenvalue weighted by Crippen LogP contribution is 1.70. The van der Waals surface area contributed by atoms with Crippen LogP contribution in [-0.2, 0) is 0 Å². The van der Waals surface area contributed by atoms with Gasteiger partial charge in [0.05, 0.1) is 12.2 Å². The highest BCUT2D eigenvalue weighted by molar-refractivity contribution is 4.39. The van der Waals surface area contributed by atoms with Crippen LogP contribution in [0.25, 0.3) is 0 Å². The van der Waals surface area contributed by atoms with Crippen LogP contribution in [-0.4, -0.2) is 35.5 Å². The summed E-state index contributed by atoms with van der Waals surface area (Å²) in [4.78, 5) is 0. The van der Waals surface area contributed by atoms with Gasteiger partial charge in [0, 0.05) is 0 Å². The fourth-order valence-electron chi connectivity index (χ4n) is 0.579. The third kappa shape index (κ3) is 7.88. The summed E-state index contributed by atoms with van der Waals surface area (Å²) in [7, 11) is 0. The predicted octanol–water partition coefficient (Wildman–Crippen LogP) is -1.69. The van der Waals surface area contributed by atoms with Crippen molar-refractivity contribution in [2.75, 3.05) is 13.1 Å². The molecule has 2 unspecified atom stereocenters. The molecule has 0 aromatic carbocycles. The molecule has 0 radical (unpaired) electrons. The van der Waals surface area contributed by atoms with Crippen LogP contribution in [0.1, 0.15) is 13.8 Å². The molecule has 0 aromatic rings. The molecule has 0 saturated heterocycles. The SMILES string of the molecule is CC(O)C[NH2+]CC(C)O. The summed E-state index contributed by atoms with van der Waals surface area (Å²) in [5.74, 6) is 0. The van der Waals surface area contributed by atoms with Gasteiger partial charge in [0.25, 0.3) is 0 Å². The molecule has 0 saturated carbocycles. The van der Waals surface area contributed by atoms with Crippen LogP contribution in [0.4, 0.5) is 0 Å². The van der Waals surface area contributed by atoms with Gasteiger partial charge in [0.2, 0.25) is 0 Å². The molecule has 2 atom stereocenters. The van der Waals surface area contributed by atoms with Gasteiger partial charge in [-0.05, 0) is 13.8 Å². The summed E-state index contributed by atoms with van der Waals surface area (Å²) in [6, 6.07) is 0. The molecule has 0 aromatic heterocycles. The molecule has 0 aliphatic carbocycles. The number of rotatable bonds is 4. The van der Waals surface area contributed by atoms with Crippen molar-refractivity contribution >= 4 is 0 Å². The van der Waals surface area contributed by atoms with Gasteiger partial charge in [-0.1, -0.05) is 0 Å². The Hall–Kier alpha value is -0.120. The Kier molecular flexibility index (Phi) is 4.67. The number of aliphatic hydroxyl groups is 2. The average molecular weight is 134 g/mol. The second-order valence-electron chi connectivity index (χ2n) is 2.46. The molecule has 56 valence electrons. The summed E-state index contributed by atoms with van der Waals surface area (Å²) in [5, 5.41) is 19.4. The third-order valence-corrected chi connectivity index (χ3v) is 1.02. The Bertz CT molecular complexity index is 56.1. The van der Waals surface area contributed by atoms with Crippen LogP contribution >= 0.6 is 0 Å². The highest BCUT2D eigenvalue weighted by atomic mass is 16.3. The van der Waals surface area contributed by atoms with E-state index in [0.717, 1.165) is 0 Å². The molecule has 0 amide bonds. The maximum Gasteiger partial charge on any atom is 0.102 e. The Morgan fingerprint density at radius 1 is 1.11 bits per heavy atom. The molecular formula is C6H16NO2+. The number of aliphatic hydroxyl groups excluding tert-OH is 2. The molecule has 3 nitrogen and oxygen atoms in total. The van der Waals surface area contributed by atoms with E-state index in [-0.39, 0.29) is 12.2 Å². The van der Waals surface area contributed by atoms with Crippen molar-refractivity contribution in [1.82, 2.24) is 0 Å².